The summed E-state index contributed by atoms with van der Waals surface area (Å²) >= 11 is 5.27. The normalized spacial score (nSPS) is 10.1. The predicted octanol–water partition coefficient (Wildman–Crippen LogP) is -2.99. The summed E-state index contributed by atoms with van der Waals surface area (Å²) in [6.45, 7) is 3.05. The van der Waals surface area contributed by atoms with Gasteiger partial charge in [0.1, 0.15) is 0 Å². The summed E-state index contributed by atoms with van der Waals surface area (Å²) in [6.07, 6.45) is 0. The van der Waals surface area contributed by atoms with Crippen molar-refractivity contribution in [2.24, 2.45) is 5.41 Å². The number of carboxylic acid groups (broad SMARTS) is 1. The summed E-state index contributed by atoms with van der Waals surface area (Å²) < 4.78 is 0. The minimum atomic E-state index is -1.10. The molecule has 0 radical (unpaired) electrons. The molecule has 0 heterocycles. The molecule has 0 aromatic heterocycles. The van der Waals surface area contributed by atoms with Crippen molar-refractivity contribution >= 4 is 17.6 Å². The zero-order chi connectivity index (χ0) is 6.78. The third-order valence-corrected chi connectivity index (χ3v) is 1.55. The molecule has 0 saturated heterocycles. The van der Waals surface area contributed by atoms with E-state index in [0.29, 0.717) is 0 Å². The van der Waals surface area contributed by atoms with Gasteiger partial charge in [-0.15, -0.1) is 11.6 Å². The molecule has 0 N–H and O–H groups in total. The molecular weight excluding hydrogens is 150 g/mol. The van der Waals surface area contributed by atoms with Gasteiger partial charge < -0.3 is 9.90 Å². The quantitative estimate of drug-likeness (QED) is 0.318. The second-order valence-corrected chi connectivity index (χ2v) is 2.57. The van der Waals surface area contributed by atoms with Crippen LogP contribution in [0.2, 0.25) is 0 Å². The number of rotatable bonds is 2. The Balaban J connectivity index is 0. The van der Waals surface area contributed by atoms with Crippen LogP contribution in [-0.2, 0) is 4.79 Å². The van der Waals surface area contributed by atoms with E-state index >= 15 is 0 Å². The first-order valence-corrected chi connectivity index (χ1v) is 2.81. The zero-order valence-electron chi connectivity index (χ0n) is 5.90. The molecule has 0 unspecified atom stereocenters. The van der Waals surface area contributed by atoms with Gasteiger partial charge in [0.15, 0.2) is 0 Å². The first-order chi connectivity index (χ1) is 3.50. The molecule has 0 rings (SSSR count). The van der Waals surface area contributed by atoms with Gasteiger partial charge in [-0.25, -0.2) is 0 Å². The standard InChI is InChI=1S/C5H9ClO2.Na/c1-5(2,3-6)4(7)8;/h3H2,1-2H3,(H,7,8);/q;+1/p-1. The Morgan fingerprint density at radius 2 is 2.00 bits per heavy atom. The molecule has 2 nitrogen and oxygen atoms in total. The molecule has 0 bridgehead atoms. The maximum atomic E-state index is 10.1. The molecule has 0 fully saturated rings. The van der Waals surface area contributed by atoms with Crippen LogP contribution in [0, 0.1) is 5.41 Å². The van der Waals surface area contributed by atoms with Crippen molar-refractivity contribution in [2.75, 3.05) is 5.88 Å². The molecule has 0 spiro atoms. The molecule has 0 aromatic carbocycles. The van der Waals surface area contributed by atoms with Gasteiger partial charge in [-0.3, -0.25) is 0 Å². The zero-order valence-corrected chi connectivity index (χ0v) is 8.66. The van der Waals surface area contributed by atoms with Crippen LogP contribution in [0.15, 0.2) is 0 Å². The molecule has 0 aliphatic heterocycles. The van der Waals surface area contributed by atoms with E-state index in [9.17, 15) is 9.90 Å². The van der Waals surface area contributed by atoms with E-state index in [2.05, 4.69) is 0 Å². The fraction of sp³-hybridized carbons (Fsp3) is 0.800. The Kier molecular flexibility index (Phi) is 6.30. The largest absolute Gasteiger partial charge is 1.00 e. The van der Waals surface area contributed by atoms with Gasteiger partial charge in [0.2, 0.25) is 0 Å². The van der Waals surface area contributed by atoms with Crippen LogP contribution in [0.3, 0.4) is 0 Å². The Bertz CT molecular complexity index is 103. The van der Waals surface area contributed by atoms with Crippen LogP contribution in [0.4, 0.5) is 0 Å². The van der Waals surface area contributed by atoms with Crippen LogP contribution in [0.1, 0.15) is 13.8 Å². The number of aliphatic carboxylic acids is 1. The minimum Gasteiger partial charge on any atom is -0.550 e. The number of hydrogen-bond acceptors (Lipinski definition) is 2. The molecule has 0 saturated carbocycles. The average molecular weight is 159 g/mol. The molecule has 0 aliphatic carbocycles. The van der Waals surface area contributed by atoms with Crippen molar-refractivity contribution in [1.29, 1.82) is 0 Å². The van der Waals surface area contributed by atoms with Gasteiger partial charge in [0.25, 0.3) is 0 Å². The third kappa shape index (κ3) is 4.20. The summed E-state index contributed by atoms with van der Waals surface area (Å²) in [5.74, 6) is -1.01. The monoisotopic (exact) mass is 158 g/mol. The maximum absolute atomic E-state index is 10.1. The fourth-order valence-corrected chi connectivity index (χ4v) is 0.164. The Morgan fingerprint density at radius 3 is 2.00 bits per heavy atom. The van der Waals surface area contributed by atoms with E-state index in [4.69, 9.17) is 11.6 Å². The molecule has 0 aliphatic rings. The smallest absolute Gasteiger partial charge is 0.550 e. The van der Waals surface area contributed by atoms with Crippen molar-refractivity contribution in [1.82, 2.24) is 0 Å². The number of carbonyl (C=O) groups excluding carboxylic acids is 1. The first kappa shape index (κ1) is 12.4. The molecule has 0 atom stereocenters. The molecule has 0 aromatic rings. The van der Waals surface area contributed by atoms with Crippen LogP contribution < -0.4 is 34.7 Å². The molecule has 9 heavy (non-hydrogen) atoms. The summed E-state index contributed by atoms with van der Waals surface area (Å²) in [7, 11) is 0. The van der Waals surface area contributed by atoms with E-state index in [1.54, 1.807) is 0 Å². The molecule has 48 valence electrons. The Morgan fingerprint density at radius 1 is 1.67 bits per heavy atom. The SMILES string of the molecule is CC(C)(CCl)C(=O)[O-].[Na+]. The van der Waals surface area contributed by atoms with Gasteiger partial charge >= 0.3 is 29.6 Å². The summed E-state index contributed by atoms with van der Waals surface area (Å²) in [5.41, 5.74) is -0.887. The van der Waals surface area contributed by atoms with Crippen molar-refractivity contribution in [3.63, 3.8) is 0 Å². The Labute approximate surface area is 81.9 Å². The van der Waals surface area contributed by atoms with Gasteiger partial charge in [0.05, 0.1) is 0 Å². The van der Waals surface area contributed by atoms with E-state index in [0.717, 1.165) is 0 Å². The van der Waals surface area contributed by atoms with Gasteiger partial charge in [-0.1, -0.05) is 13.8 Å². The van der Waals surface area contributed by atoms with Gasteiger partial charge in [0, 0.05) is 17.3 Å². The second-order valence-electron chi connectivity index (χ2n) is 2.30. The maximum Gasteiger partial charge on any atom is 1.00 e. The van der Waals surface area contributed by atoms with Crippen molar-refractivity contribution in [3.05, 3.63) is 0 Å². The third-order valence-electron chi connectivity index (χ3n) is 0.887. The topological polar surface area (TPSA) is 40.1 Å². The summed E-state index contributed by atoms with van der Waals surface area (Å²) in [6, 6.07) is 0. The number of carboxylic acids is 1. The van der Waals surface area contributed by atoms with Crippen molar-refractivity contribution in [2.45, 2.75) is 13.8 Å². The summed E-state index contributed by atoms with van der Waals surface area (Å²) in [5, 5.41) is 10.1. The summed E-state index contributed by atoms with van der Waals surface area (Å²) in [4.78, 5) is 10.1. The minimum absolute atomic E-state index is 0. The van der Waals surface area contributed by atoms with Crippen LogP contribution in [0.5, 0.6) is 0 Å². The van der Waals surface area contributed by atoms with E-state index < -0.39 is 11.4 Å². The van der Waals surface area contributed by atoms with E-state index in [-0.39, 0.29) is 35.4 Å². The first-order valence-electron chi connectivity index (χ1n) is 2.28. The van der Waals surface area contributed by atoms with Gasteiger partial charge in [-0.2, -0.15) is 0 Å². The fourth-order valence-electron chi connectivity index (χ4n) is 0.0546. The van der Waals surface area contributed by atoms with Crippen LogP contribution >= 0.6 is 11.6 Å². The van der Waals surface area contributed by atoms with Gasteiger partial charge in [-0.05, 0) is 0 Å². The molecular formula is C5H8ClNaO2. The average Bonchev–Trinajstić information content (AvgIpc) is 1.67. The molecule has 0 amide bonds. The van der Waals surface area contributed by atoms with E-state index in [1.807, 2.05) is 0 Å². The number of carbonyl (C=O) groups is 1. The van der Waals surface area contributed by atoms with Crippen LogP contribution in [-0.4, -0.2) is 11.8 Å². The number of halogens is 1. The second kappa shape index (κ2) is 4.56. The van der Waals surface area contributed by atoms with E-state index in [1.165, 1.54) is 13.8 Å². The predicted molar refractivity (Wildman–Crippen MR) is 29.5 cm³/mol. The number of hydrogen-bond donors (Lipinski definition) is 0. The number of alkyl halides is 1. The van der Waals surface area contributed by atoms with Crippen LogP contribution in [0.25, 0.3) is 0 Å². The Hall–Kier alpha value is 0.760. The molecule has 4 heteroatoms. The van der Waals surface area contributed by atoms with Crippen molar-refractivity contribution in [3.8, 4) is 0 Å². The van der Waals surface area contributed by atoms with Crippen molar-refractivity contribution < 1.29 is 39.5 Å².